The second-order valence-electron chi connectivity index (χ2n) is 4.10. The van der Waals surface area contributed by atoms with Gasteiger partial charge in [-0.3, -0.25) is 9.71 Å². The van der Waals surface area contributed by atoms with Crippen molar-refractivity contribution in [2.45, 2.75) is 11.5 Å². The average molecular weight is 373 g/mol. The third-order valence-corrected chi connectivity index (χ3v) is 4.74. The van der Waals surface area contributed by atoms with E-state index in [-0.39, 0.29) is 17.3 Å². The van der Waals surface area contributed by atoms with Gasteiger partial charge in [-0.25, -0.2) is 8.42 Å². The van der Waals surface area contributed by atoms with Gasteiger partial charge in [0.2, 0.25) is 0 Å². The molecule has 0 aliphatic rings. The van der Waals surface area contributed by atoms with Gasteiger partial charge in [-0.15, -0.1) is 0 Å². The summed E-state index contributed by atoms with van der Waals surface area (Å²) in [6.45, 7) is -0.258. The Morgan fingerprint density at radius 1 is 1.38 bits per heavy atom. The number of aromatic nitrogens is 1. The Labute approximate surface area is 131 Å². The summed E-state index contributed by atoms with van der Waals surface area (Å²) in [5, 5.41) is 9.15. The molecule has 0 saturated carbocycles. The van der Waals surface area contributed by atoms with E-state index >= 15 is 0 Å². The number of hydrogen-bond donors (Lipinski definition) is 2. The number of rotatable bonds is 5. The maximum atomic E-state index is 12.5. The highest BCUT2D eigenvalue weighted by atomic mass is 79.9. The van der Waals surface area contributed by atoms with E-state index < -0.39 is 10.0 Å². The smallest absolute Gasteiger partial charge is 0.265 e. The predicted octanol–water partition coefficient (Wildman–Crippen LogP) is 2.15. The van der Waals surface area contributed by atoms with Crippen LogP contribution in [0.25, 0.3) is 0 Å². The Morgan fingerprint density at radius 2 is 2.14 bits per heavy atom. The van der Waals surface area contributed by atoms with Crippen LogP contribution in [-0.4, -0.2) is 25.6 Å². The van der Waals surface area contributed by atoms with Crippen molar-refractivity contribution < 1.29 is 18.3 Å². The first-order valence-electron chi connectivity index (χ1n) is 5.88. The van der Waals surface area contributed by atoms with Crippen LogP contribution in [0.2, 0.25) is 0 Å². The molecule has 0 spiro atoms. The highest BCUT2D eigenvalue weighted by molar-refractivity contribution is 9.10. The maximum absolute atomic E-state index is 12.5. The Balaban J connectivity index is 2.46. The van der Waals surface area contributed by atoms with Gasteiger partial charge in [-0.1, -0.05) is 6.07 Å². The summed E-state index contributed by atoms with van der Waals surface area (Å²) in [4.78, 5) is 3.83. The van der Waals surface area contributed by atoms with Crippen LogP contribution < -0.4 is 9.46 Å². The first kappa shape index (κ1) is 15.7. The van der Waals surface area contributed by atoms with E-state index in [0.29, 0.717) is 15.7 Å². The summed E-state index contributed by atoms with van der Waals surface area (Å²) < 4.78 is 33.0. The van der Waals surface area contributed by atoms with E-state index in [1.54, 1.807) is 6.07 Å². The van der Waals surface area contributed by atoms with Crippen molar-refractivity contribution in [1.29, 1.82) is 0 Å². The van der Waals surface area contributed by atoms with Gasteiger partial charge >= 0.3 is 0 Å². The van der Waals surface area contributed by atoms with E-state index in [9.17, 15) is 8.42 Å². The number of ether oxygens (including phenoxy) is 1. The van der Waals surface area contributed by atoms with Crippen molar-refractivity contribution >= 4 is 31.6 Å². The molecule has 112 valence electrons. The first-order chi connectivity index (χ1) is 9.97. The highest BCUT2D eigenvalue weighted by Gasteiger charge is 2.21. The van der Waals surface area contributed by atoms with E-state index in [1.807, 2.05) is 0 Å². The molecule has 6 nitrogen and oxygen atoms in total. The molecule has 1 aromatic heterocycles. The van der Waals surface area contributed by atoms with Gasteiger partial charge < -0.3 is 9.84 Å². The van der Waals surface area contributed by atoms with Gasteiger partial charge in [-0.05, 0) is 39.7 Å². The maximum Gasteiger partial charge on any atom is 0.265 e. The topological polar surface area (TPSA) is 88.5 Å². The highest BCUT2D eigenvalue weighted by Crippen LogP contribution is 2.29. The van der Waals surface area contributed by atoms with Crippen LogP contribution in [0.1, 0.15) is 5.56 Å². The van der Waals surface area contributed by atoms with Gasteiger partial charge in [-0.2, -0.15) is 0 Å². The minimum absolute atomic E-state index is 0.0414. The van der Waals surface area contributed by atoms with Gasteiger partial charge in [0.25, 0.3) is 10.0 Å². The number of aliphatic hydroxyl groups excluding tert-OH is 1. The minimum atomic E-state index is -3.86. The lowest BCUT2D eigenvalue weighted by molar-refractivity contribution is 0.281. The summed E-state index contributed by atoms with van der Waals surface area (Å²) in [5.41, 5.74) is 0.839. The van der Waals surface area contributed by atoms with E-state index in [0.717, 1.165) is 0 Å². The zero-order valence-electron chi connectivity index (χ0n) is 11.1. The van der Waals surface area contributed by atoms with Gasteiger partial charge in [0.1, 0.15) is 10.6 Å². The molecule has 1 heterocycles. The number of nitrogens with one attached hydrogen (secondary N) is 1. The molecule has 8 heteroatoms. The fourth-order valence-corrected chi connectivity index (χ4v) is 3.47. The van der Waals surface area contributed by atoms with Crippen molar-refractivity contribution in [3.63, 3.8) is 0 Å². The van der Waals surface area contributed by atoms with E-state index in [1.165, 1.54) is 37.7 Å². The Bertz CT molecular complexity index is 750. The summed E-state index contributed by atoms with van der Waals surface area (Å²) in [6, 6.07) is 6.00. The van der Waals surface area contributed by atoms with Crippen molar-refractivity contribution in [3.05, 3.63) is 46.7 Å². The van der Waals surface area contributed by atoms with Crippen molar-refractivity contribution in [2.75, 3.05) is 11.8 Å². The number of methoxy groups -OCH3 is 1. The minimum Gasteiger partial charge on any atom is -0.495 e. The Morgan fingerprint density at radius 3 is 2.76 bits per heavy atom. The largest absolute Gasteiger partial charge is 0.495 e. The average Bonchev–Trinajstić information content (AvgIpc) is 2.48. The van der Waals surface area contributed by atoms with Crippen LogP contribution >= 0.6 is 15.9 Å². The molecule has 0 amide bonds. The number of nitrogens with zero attached hydrogens (tertiary/aromatic N) is 1. The summed E-state index contributed by atoms with van der Waals surface area (Å²) in [7, 11) is -2.47. The number of benzene rings is 1. The molecule has 2 rings (SSSR count). The number of aliphatic hydroxyl groups is 1. The third-order valence-electron chi connectivity index (χ3n) is 2.72. The van der Waals surface area contributed by atoms with Crippen molar-refractivity contribution in [1.82, 2.24) is 4.98 Å². The number of halogens is 1. The van der Waals surface area contributed by atoms with E-state index in [4.69, 9.17) is 9.84 Å². The van der Waals surface area contributed by atoms with Crippen LogP contribution in [0, 0.1) is 0 Å². The molecule has 0 radical (unpaired) electrons. The molecule has 2 N–H and O–H groups in total. The molecule has 0 bridgehead atoms. The Hall–Kier alpha value is -1.64. The van der Waals surface area contributed by atoms with Gasteiger partial charge in [0, 0.05) is 12.4 Å². The first-order valence-corrected chi connectivity index (χ1v) is 8.15. The monoisotopic (exact) mass is 372 g/mol. The van der Waals surface area contributed by atoms with Crippen molar-refractivity contribution in [3.8, 4) is 5.75 Å². The normalized spacial score (nSPS) is 11.2. The van der Waals surface area contributed by atoms with Crippen molar-refractivity contribution in [2.24, 2.45) is 0 Å². The summed E-state index contributed by atoms with van der Waals surface area (Å²) >= 11 is 3.22. The fourth-order valence-electron chi connectivity index (χ4n) is 1.69. The fraction of sp³-hybridized carbons (Fsp3) is 0.154. The molecule has 1 aromatic carbocycles. The van der Waals surface area contributed by atoms with Crippen LogP contribution in [0.15, 0.2) is 46.0 Å². The molecule has 0 atom stereocenters. The second-order valence-corrected chi connectivity index (χ2v) is 6.61. The number of anilines is 1. The summed E-state index contributed by atoms with van der Waals surface area (Å²) in [5.74, 6) is 0.199. The molecular formula is C13H13BrN2O4S. The summed E-state index contributed by atoms with van der Waals surface area (Å²) in [6.07, 6.45) is 2.96. The number of hydrogen-bond acceptors (Lipinski definition) is 5. The molecule has 0 fully saturated rings. The second kappa shape index (κ2) is 6.42. The quantitative estimate of drug-likeness (QED) is 0.839. The van der Waals surface area contributed by atoms with Gasteiger partial charge in [0.05, 0.1) is 23.9 Å². The zero-order valence-corrected chi connectivity index (χ0v) is 13.5. The molecular weight excluding hydrogens is 360 g/mol. The van der Waals surface area contributed by atoms with Crippen LogP contribution in [-0.2, 0) is 16.6 Å². The number of pyridine rings is 1. The lowest BCUT2D eigenvalue weighted by atomic mass is 10.2. The van der Waals surface area contributed by atoms with Crippen LogP contribution in [0.4, 0.5) is 5.69 Å². The molecule has 21 heavy (non-hydrogen) atoms. The standard InChI is InChI=1S/C13H13BrN2O4S/c1-20-12-3-2-9(8-17)6-13(12)21(18,19)16-11-4-5-15-7-10(11)14/h2-7,17H,8H2,1H3,(H,15,16). The zero-order chi connectivity index (χ0) is 15.5. The van der Waals surface area contributed by atoms with Gasteiger partial charge in [0.15, 0.2) is 0 Å². The lowest BCUT2D eigenvalue weighted by Gasteiger charge is -2.13. The molecule has 0 unspecified atom stereocenters. The van der Waals surface area contributed by atoms with E-state index in [2.05, 4.69) is 25.6 Å². The predicted molar refractivity (Wildman–Crippen MR) is 81.7 cm³/mol. The molecule has 0 aliphatic carbocycles. The molecule has 0 saturated heterocycles. The number of sulfonamides is 1. The van der Waals surface area contributed by atoms with Crippen LogP contribution in [0.5, 0.6) is 5.75 Å². The molecule has 0 aliphatic heterocycles. The Kier molecular flexibility index (Phi) is 4.81. The lowest BCUT2D eigenvalue weighted by Crippen LogP contribution is -2.15. The van der Waals surface area contributed by atoms with Crippen LogP contribution in [0.3, 0.4) is 0 Å². The SMILES string of the molecule is COc1ccc(CO)cc1S(=O)(=O)Nc1ccncc1Br. The molecule has 2 aromatic rings. The third kappa shape index (κ3) is 3.52.